The van der Waals surface area contributed by atoms with Gasteiger partial charge in [0.2, 0.25) is 0 Å². The van der Waals surface area contributed by atoms with Gasteiger partial charge in [-0.2, -0.15) is 0 Å². The molecule has 0 bridgehead atoms. The molecule has 2 aromatic carbocycles. The third-order valence-corrected chi connectivity index (χ3v) is 5.23. The number of nitrogens with one attached hydrogen (secondary N) is 1. The molecule has 1 amide bonds. The van der Waals surface area contributed by atoms with Crippen LogP contribution in [-0.2, 0) is 0 Å². The Bertz CT molecular complexity index is 742. The van der Waals surface area contributed by atoms with E-state index in [1.54, 1.807) is 18.2 Å². The molecule has 5 heteroatoms. The molecule has 2 aromatic rings. The minimum absolute atomic E-state index is 0.108. The Morgan fingerprint density at radius 1 is 1.17 bits per heavy atom. The van der Waals surface area contributed by atoms with E-state index in [1.807, 2.05) is 13.0 Å². The van der Waals surface area contributed by atoms with Crippen molar-refractivity contribution in [1.82, 2.24) is 0 Å². The van der Waals surface area contributed by atoms with Crippen molar-refractivity contribution >= 4 is 51.5 Å². The SMILES string of the molecule is Cc1cc(N2CCCC2)ccc1NC(=O)c1ccc(Cl)cc1I. The quantitative estimate of drug-likeness (QED) is 0.673. The Morgan fingerprint density at radius 2 is 1.91 bits per heavy atom. The number of amides is 1. The zero-order valence-corrected chi connectivity index (χ0v) is 15.8. The van der Waals surface area contributed by atoms with Crippen LogP contribution in [-0.4, -0.2) is 19.0 Å². The maximum absolute atomic E-state index is 12.5. The minimum Gasteiger partial charge on any atom is -0.372 e. The minimum atomic E-state index is -0.108. The molecule has 0 unspecified atom stereocenters. The summed E-state index contributed by atoms with van der Waals surface area (Å²) >= 11 is 8.08. The van der Waals surface area contributed by atoms with Gasteiger partial charge in [-0.3, -0.25) is 4.79 Å². The summed E-state index contributed by atoms with van der Waals surface area (Å²) in [5.74, 6) is -0.108. The van der Waals surface area contributed by atoms with Gasteiger partial charge < -0.3 is 10.2 Å². The highest BCUT2D eigenvalue weighted by atomic mass is 127. The summed E-state index contributed by atoms with van der Waals surface area (Å²) in [6.45, 7) is 4.27. The fourth-order valence-electron chi connectivity index (χ4n) is 2.82. The van der Waals surface area contributed by atoms with E-state index in [-0.39, 0.29) is 5.91 Å². The predicted molar refractivity (Wildman–Crippen MR) is 105 cm³/mol. The second kappa shape index (κ2) is 7.09. The fraction of sp³-hybridized carbons (Fsp3) is 0.278. The number of hydrogen-bond acceptors (Lipinski definition) is 2. The summed E-state index contributed by atoms with van der Waals surface area (Å²) < 4.78 is 0.846. The molecule has 0 aliphatic carbocycles. The molecule has 0 saturated carbocycles. The van der Waals surface area contributed by atoms with Crippen LogP contribution >= 0.6 is 34.2 Å². The van der Waals surface area contributed by atoms with Crippen LogP contribution in [0.15, 0.2) is 36.4 Å². The van der Waals surface area contributed by atoms with Gasteiger partial charge in [-0.25, -0.2) is 0 Å². The lowest BCUT2D eigenvalue weighted by atomic mass is 10.1. The molecule has 23 heavy (non-hydrogen) atoms. The van der Waals surface area contributed by atoms with E-state index in [1.165, 1.54) is 18.5 Å². The van der Waals surface area contributed by atoms with Crippen molar-refractivity contribution < 1.29 is 4.79 Å². The Labute approximate surface area is 155 Å². The molecule has 1 fully saturated rings. The van der Waals surface area contributed by atoms with Gasteiger partial charge in [-0.05, 0) is 84.3 Å². The van der Waals surface area contributed by atoms with Crippen LogP contribution in [0.3, 0.4) is 0 Å². The maximum atomic E-state index is 12.5. The van der Waals surface area contributed by atoms with E-state index < -0.39 is 0 Å². The monoisotopic (exact) mass is 440 g/mol. The zero-order valence-electron chi connectivity index (χ0n) is 12.9. The van der Waals surface area contributed by atoms with Gasteiger partial charge >= 0.3 is 0 Å². The number of halogens is 2. The van der Waals surface area contributed by atoms with E-state index >= 15 is 0 Å². The highest BCUT2D eigenvalue weighted by Gasteiger charge is 2.15. The Balaban J connectivity index is 1.78. The highest BCUT2D eigenvalue weighted by Crippen LogP contribution is 2.26. The summed E-state index contributed by atoms with van der Waals surface area (Å²) in [5, 5.41) is 3.64. The van der Waals surface area contributed by atoms with Gasteiger partial charge in [0.15, 0.2) is 0 Å². The lowest BCUT2D eigenvalue weighted by Crippen LogP contribution is -2.18. The van der Waals surface area contributed by atoms with Crippen LogP contribution in [0.1, 0.15) is 28.8 Å². The Morgan fingerprint density at radius 3 is 2.57 bits per heavy atom. The van der Waals surface area contributed by atoms with Crippen LogP contribution in [0.4, 0.5) is 11.4 Å². The predicted octanol–water partition coefficient (Wildman–Crippen LogP) is 5.11. The third-order valence-electron chi connectivity index (χ3n) is 4.11. The van der Waals surface area contributed by atoms with Crippen molar-refractivity contribution in [1.29, 1.82) is 0 Å². The van der Waals surface area contributed by atoms with Crippen LogP contribution in [0.25, 0.3) is 0 Å². The van der Waals surface area contributed by atoms with Crippen molar-refractivity contribution in [2.24, 2.45) is 0 Å². The molecule has 0 atom stereocenters. The van der Waals surface area contributed by atoms with Crippen LogP contribution < -0.4 is 10.2 Å². The molecule has 1 aliphatic rings. The lowest BCUT2D eigenvalue weighted by Gasteiger charge is -2.19. The first-order chi connectivity index (χ1) is 11.0. The molecular formula is C18H18ClIN2O. The average Bonchev–Trinajstić information content (AvgIpc) is 3.03. The molecule has 0 aromatic heterocycles. The van der Waals surface area contributed by atoms with Crippen LogP contribution in [0, 0.1) is 10.5 Å². The summed E-state index contributed by atoms with van der Waals surface area (Å²) in [7, 11) is 0. The first kappa shape index (κ1) is 16.6. The molecule has 0 radical (unpaired) electrons. The number of hydrogen-bond donors (Lipinski definition) is 1. The summed E-state index contributed by atoms with van der Waals surface area (Å²) in [6.07, 6.45) is 2.51. The van der Waals surface area contributed by atoms with Crippen LogP contribution in [0.2, 0.25) is 5.02 Å². The summed E-state index contributed by atoms with van der Waals surface area (Å²) in [6, 6.07) is 11.5. The number of carbonyl (C=O) groups is 1. The largest absolute Gasteiger partial charge is 0.372 e. The van der Waals surface area contributed by atoms with E-state index in [0.29, 0.717) is 10.6 Å². The third kappa shape index (κ3) is 3.80. The molecule has 1 heterocycles. The van der Waals surface area contributed by atoms with E-state index in [9.17, 15) is 4.79 Å². The van der Waals surface area contributed by atoms with Crippen LogP contribution in [0.5, 0.6) is 0 Å². The highest BCUT2D eigenvalue weighted by molar-refractivity contribution is 14.1. The smallest absolute Gasteiger partial charge is 0.256 e. The number of carbonyl (C=O) groups excluding carboxylic acids is 1. The van der Waals surface area contributed by atoms with Crippen molar-refractivity contribution in [3.8, 4) is 0 Å². The summed E-state index contributed by atoms with van der Waals surface area (Å²) in [5.41, 5.74) is 3.80. The second-order valence-electron chi connectivity index (χ2n) is 5.77. The van der Waals surface area contributed by atoms with Gasteiger partial charge in [0.05, 0.1) is 5.56 Å². The number of benzene rings is 2. The zero-order chi connectivity index (χ0) is 16.4. The topological polar surface area (TPSA) is 32.3 Å². The normalized spacial score (nSPS) is 14.1. The first-order valence-electron chi connectivity index (χ1n) is 7.66. The first-order valence-corrected chi connectivity index (χ1v) is 9.12. The summed E-state index contributed by atoms with van der Waals surface area (Å²) in [4.78, 5) is 14.9. The van der Waals surface area contributed by atoms with E-state index in [2.05, 4.69) is 44.9 Å². The van der Waals surface area contributed by atoms with Crippen molar-refractivity contribution in [2.45, 2.75) is 19.8 Å². The molecule has 120 valence electrons. The second-order valence-corrected chi connectivity index (χ2v) is 7.37. The van der Waals surface area contributed by atoms with Gasteiger partial charge in [-0.1, -0.05) is 11.6 Å². The van der Waals surface area contributed by atoms with Crippen molar-refractivity contribution in [2.75, 3.05) is 23.3 Å². The molecule has 1 aliphatic heterocycles. The van der Waals surface area contributed by atoms with Crippen molar-refractivity contribution in [3.05, 3.63) is 56.1 Å². The van der Waals surface area contributed by atoms with E-state index in [4.69, 9.17) is 11.6 Å². The molecule has 0 spiro atoms. The number of aryl methyl sites for hydroxylation is 1. The molecule has 3 rings (SSSR count). The standard InChI is InChI=1S/C18H18ClIN2O/c1-12-10-14(22-8-2-3-9-22)5-7-17(12)21-18(23)15-6-4-13(19)11-16(15)20/h4-7,10-11H,2-3,8-9H2,1H3,(H,21,23). The molecule has 1 N–H and O–H groups in total. The van der Waals surface area contributed by atoms with Gasteiger partial charge in [-0.15, -0.1) is 0 Å². The average molecular weight is 441 g/mol. The number of rotatable bonds is 3. The number of nitrogens with zero attached hydrogens (tertiary/aromatic N) is 1. The van der Waals surface area contributed by atoms with E-state index in [0.717, 1.165) is 27.9 Å². The van der Waals surface area contributed by atoms with Crippen molar-refractivity contribution in [3.63, 3.8) is 0 Å². The maximum Gasteiger partial charge on any atom is 0.256 e. The Hall–Kier alpha value is -1.27. The molecule has 3 nitrogen and oxygen atoms in total. The Kier molecular flexibility index (Phi) is 5.11. The van der Waals surface area contributed by atoms with Gasteiger partial charge in [0, 0.05) is 33.1 Å². The lowest BCUT2D eigenvalue weighted by molar-refractivity contribution is 0.102. The molecule has 1 saturated heterocycles. The molecular weight excluding hydrogens is 423 g/mol. The van der Waals surface area contributed by atoms with Gasteiger partial charge in [0.1, 0.15) is 0 Å². The number of anilines is 2. The fourth-order valence-corrected chi connectivity index (χ4v) is 3.94. The van der Waals surface area contributed by atoms with Gasteiger partial charge in [0.25, 0.3) is 5.91 Å².